The lowest BCUT2D eigenvalue weighted by molar-refractivity contribution is -0.385. The number of nitro benzene ring substituents is 1. The highest BCUT2D eigenvalue weighted by Crippen LogP contribution is 2.24. The van der Waals surface area contributed by atoms with E-state index in [-0.39, 0.29) is 24.2 Å². The van der Waals surface area contributed by atoms with E-state index < -0.39 is 28.2 Å². The van der Waals surface area contributed by atoms with Gasteiger partial charge in [-0.05, 0) is 12.5 Å². The van der Waals surface area contributed by atoms with E-state index in [9.17, 15) is 24.1 Å². The van der Waals surface area contributed by atoms with E-state index in [1.54, 1.807) is 0 Å². The largest absolute Gasteiger partial charge is 0.396 e. The maximum Gasteiger partial charge on any atom is 0.285 e. The molecule has 0 fully saturated rings. The average molecular weight is 284 g/mol. The van der Waals surface area contributed by atoms with Gasteiger partial charge in [0.1, 0.15) is 5.56 Å². The fourth-order valence-corrected chi connectivity index (χ4v) is 1.47. The van der Waals surface area contributed by atoms with Gasteiger partial charge in [-0.25, -0.2) is 4.39 Å². The minimum absolute atomic E-state index is 0.0773. The molecule has 0 spiro atoms. The summed E-state index contributed by atoms with van der Waals surface area (Å²) in [6.45, 7) is 0.107. The van der Waals surface area contributed by atoms with Gasteiger partial charge in [0.2, 0.25) is 5.91 Å². The molecule has 0 radical (unpaired) electrons. The first-order valence-electron chi connectivity index (χ1n) is 5.63. The van der Waals surface area contributed by atoms with Crippen LogP contribution in [-0.4, -0.2) is 23.3 Å². The molecule has 1 rings (SSSR count). The molecule has 8 nitrogen and oxygen atoms in total. The van der Waals surface area contributed by atoms with Crippen LogP contribution in [0.5, 0.6) is 0 Å². The van der Waals surface area contributed by atoms with Crippen molar-refractivity contribution in [2.75, 3.05) is 12.3 Å². The number of amides is 2. The standard InChI is InChI=1S/C11H13FN4O4/c12-7-5-9(16(19)20)6(4-8(7)13)11(18)15-3-1-2-10(14)17/h4-5H,1-3,13H2,(H2,14,17)(H,15,18). The minimum Gasteiger partial charge on any atom is -0.396 e. The summed E-state index contributed by atoms with van der Waals surface area (Å²) in [5.74, 6) is -2.26. The molecule has 0 aliphatic heterocycles. The van der Waals surface area contributed by atoms with Crippen LogP contribution >= 0.6 is 0 Å². The predicted octanol–water partition coefficient (Wildman–Crippen LogP) is 0.311. The molecular weight excluding hydrogens is 271 g/mol. The maximum atomic E-state index is 13.2. The number of halogens is 1. The van der Waals surface area contributed by atoms with Crippen LogP contribution in [0.4, 0.5) is 15.8 Å². The summed E-state index contributed by atoms with van der Waals surface area (Å²) in [6, 6.07) is 1.49. The third kappa shape index (κ3) is 3.90. The van der Waals surface area contributed by atoms with Crippen molar-refractivity contribution in [3.05, 3.63) is 33.6 Å². The van der Waals surface area contributed by atoms with E-state index in [0.29, 0.717) is 12.5 Å². The van der Waals surface area contributed by atoms with E-state index in [0.717, 1.165) is 6.07 Å². The molecule has 0 atom stereocenters. The van der Waals surface area contributed by atoms with Crippen LogP contribution in [0.1, 0.15) is 23.2 Å². The van der Waals surface area contributed by atoms with Crippen LogP contribution in [-0.2, 0) is 4.79 Å². The Hall–Kier alpha value is -2.71. The van der Waals surface area contributed by atoms with E-state index in [2.05, 4.69) is 5.32 Å². The van der Waals surface area contributed by atoms with Gasteiger partial charge in [0.05, 0.1) is 16.7 Å². The smallest absolute Gasteiger partial charge is 0.285 e. The Labute approximate surface area is 113 Å². The quantitative estimate of drug-likeness (QED) is 0.298. The molecule has 1 aromatic rings. The number of anilines is 1. The molecule has 0 saturated heterocycles. The van der Waals surface area contributed by atoms with Crippen LogP contribution < -0.4 is 16.8 Å². The first kappa shape index (κ1) is 15.3. The number of nitrogens with zero attached hydrogens (tertiary/aromatic N) is 1. The second kappa shape index (κ2) is 6.45. The summed E-state index contributed by atoms with van der Waals surface area (Å²) in [5, 5.41) is 13.1. The molecule has 0 aromatic heterocycles. The third-order valence-corrected chi connectivity index (χ3v) is 2.44. The lowest BCUT2D eigenvalue weighted by Gasteiger charge is -2.06. The zero-order valence-electron chi connectivity index (χ0n) is 10.4. The number of carbonyl (C=O) groups excluding carboxylic acids is 2. The van der Waals surface area contributed by atoms with Gasteiger partial charge in [-0.15, -0.1) is 0 Å². The highest BCUT2D eigenvalue weighted by atomic mass is 19.1. The zero-order valence-corrected chi connectivity index (χ0v) is 10.4. The number of carbonyl (C=O) groups is 2. The number of primary amides is 1. The van der Waals surface area contributed by atoms with Crippen molar-refractivity contribution in [1.82, 2.24) is 5.32 Å². The Morgan fingerprint density at radius 1 is 1.40 bits per heavy atom. The third-order valence-electron chi connectivity index (χ3n) is 2.44. The van der Waals surface area contributed by atoms with Gasteiger partial charge in [-0.2, -0.15) is 0 Å². The molecule has 2 amide bonds. The summed E-state index contributed by atoms with van der Waals surface area (Å²) in [5.41, 5.74) is 8.83. The Bertz CT molecular complexity index is 562. The first-order chi connectivity index (χ1) is 9.32. The summed E-state index contributed by atoms with van der Waals surface area (Å²) in [4.78, 5) is 32.2. The first-order valence-corrected chi connectivity index (χ1v) is 5.63. The van der Waals surface area contributed by atoms with Gasteiger partial charge in [0.25, 0.3) is 11.6 Å². The predicted molar refractivity (Wildman–Crippen MR) is 68.2 cm³/mol. The van der Waals surface area contributed by atoms with Crippen LogP contribution in [0.25, 0.3) is 0 Å². The van der Waals surface area contributed by atoms with Crippen molar-refractivity contribution in [1.29, 1.82) is 0 Å². The Kier molecular flexibility index (Phi) is 4.95. The fourth-order valence-electron chi connectivity index (χ4n) is 1.47. The molecule has 1 aromatic carbocycles. The van der Waals surface area contributed by atoms with Crippen molar-refractivity contribution < 1.29 is 18.9 Å². The number of benzene rings is 1. The number of nitrogens with two attached hydrogens (primary N) is 2. The van der Waals surface area contributed by atoms with Crippen LogP contribution in [0, 0.1) is 15.9 Å². The molecular formula is C11H13FN4O4. The van der Waals surface area contributed by atoms with Crippen LogP contribution in [0.3, 0.4) is 0 Å². The van der Waals surface area contributed by atoms with E-state index in [4.69, 9.17) is 11.5 Å². The van der Waals surface area contributed by atoms with E-state index in [1.807, 2.05) is 0 Å². The van der Waals surface area contributed by atoms with Crippen molar-refractivity contribution in [2.45, 2.75) is 12.8 Å². The van der Waals surface area contributed by atoms with Gasteiger partial charge in [-0.3, -0.25) is 19.7 Å². The van der Waals surface area contributed by atoms with Gasteiger partial charge in [-0.1, -0.05) is 0 Å². The molecule has 0 aliphatic rings. The van der Waals surface area contributed by atoms with E-state index in [1.165, 1.54) is 0 Å². The zero-order chi connectivity index (χ0) is 15.3. The number of rotatable bonds is 6. The molecule has 0 aliphatic carbocycles. The van der Waals surface area contributed by atoms with Gasteiger partial charge in [0.15, 0.2) is 5.82 Å². The monoisotopic (exact) mass is 284 g/mol. The molecule has 5 N–H and O–H groups in total. The molecule has 0 saturated carbocycles. The number of nitrogen functional groups attached to an aromatic ring is 1. The normalized spacial score (nSPS) is 10.1. The van der Waals surface area contributed by atoms with Crippen LogP contribution in [0.2, 0.25) is 0 Å². The lowest BCUT2D eigenvalue weighted by atomic mass is 10.1. The molecule has 108 valence electrons. The number of nitro groups is 1. The highest BCUT2D eigenvalue weighted by molar-refractivity contribution is 5.99. The summed E-state index contributed by atoms with van der Waals surface area (Å²) >= 11 is 0. The Balaban J connectivity index is 2.84. The summed E-state index contributed by atoms with van der Waals surface area (Å²) in [6.07, 6.45) is 0.374. The number of nitrogens with one attached hydrogen (secondary N) is 1. The second-order valence-electron chi connectivity index (χ2n) is 3.97. The summed E-state index contributed by atoms with van der Waals surface area (Å²) in [7, 11) is 0. The van der Waals surface area contributed by atoms with Crippen LogP contribution in [0.15, 0.2) is 12.1 Å². The van der Waals surface area contributed by atoms with Crippen molar-refractivity contribution in [3.63, 3.8) is 0 Å². The van der Waals surface area contributed by atoms with Crippen molar-refractivity contribution >= 4 is 23.2 Å². The number of hydrogen-bond donors (Lipinski definition) is 3. The van der Waals surface area contributed by atoms with Crippen molar-refractivity contribution in [3.8, 4) is 0 Å². The number of hydrogen-bond acceptors (Lipinski definition) is 5. The highest BCUT2D eigenvalue weighted by Gasteiger charge is 2.22. The Morgan fingerprint density at radius 3 is 2.60 bits per heavy atom. The van der Waals surface area contributed by atoms with Crippen molar-refractivity contribution in [2.24, 2.45) is 5.73 Å². The molecule has 0 unspecified atom stereocenters. The maximum absolute atomic E-state index is 13.2. The van der Waals surface area contributed by atoms with E-state index >= 15 is 0 Å². The molecule has 9 heteroatoms. The average Bonchev–Trinajstić information content (AvgIpc) is 2.36. The Morgan fingerprint density at radius 2 is 2.05 bits per heavy atom. The summed E-state index contributed by atoms with van der Waals surface area (Å²) < 4.78 is 13.2. The molecule has 0 heterocycles. The topological polar surface area (TPSA) is 141 Å². The second-order valence-corrected chi connectivity index (χ2v) is 3.97. The minimum atomic E-state index is -0.970. The lowest BCUT2D eigenvalue weighted by Crippen LogP contribution is -2.26. The molecule has 0 bridgehead atoms. The SMILES string of the molecule is NC(=O)CCCNC(=O)c1cc(N)c(F)cc1[N+](=O)[O-]. The fraction of sp³-hybridized carbons (Fsp3) is 0.273. The van der Waals surface area contributed by atoms with Gasteiger partial charge < -0.3 is 16.8 Å². The van der Waals surface area contributed by atoms with Gasteiger partial charge >= 0.3 is 0 Å². The van der Waals surface area contributed by atoms with Gasteiger partial charge in [0, 0.05) is 13.0 Å². The molecule has 20 heavy (non-hydrogen) atoms.